The Morgan fingerprint density at radius 1 is 1.15 bits per heavy atom. The number of benzene rings is 1. The lowest BCUT2D eigenvalue weighted by Gasteiger charge is -2.25. The molecule has 1 aromatic carbocycles. The highest BCUT2D eigenvalue weighted by Gasteiger charge is 2.16. The van der Waals surface area contributed by atoms with Gasteiger partial charge in [-0.25, -0.2) is 4.99 Å². The number of hydrogen-bond donors (Lipinski definition) is 0. The third kappa shape index (κ3) is 3.09. The van der Waals surface area contributed by atoms with Crippen molar-refractivity contribution in [1.82, 2.24) is 9.55 Å². The summed E-state index contributed by atoms with van der Waals surface area (Å²) >= 11 is 1.40. The molecule has 0 unspecified atom stereocenters. The van der Waals surface area contributed by atoms with Crippen LogP contribution in [0.5, 0.6) is 0 Å². The van der Waals surface area contributed by atoms with Gasteiger partial charge in [0.2, 0.25) is 0 Å². The van der Waals surface area contributed by atoms with Gasteiger partial charge in [0, 0.05) is 23.6 Å². The SMILES string of the molecule is CC(=O)c1ccc(N2CN=c3s/c(=C/c4ccncc4)c(=O)n3C2)cc1. The maximum atomic E-state index is 12.7. The van der Waals surface area contributed by atoms with Crippen LogP contribution in [0.4, 0.5) is 5.69 Å². The molecule has 0 saturated carbocycles. The summed E-state index contributed by atoms with van der Waals surface area (Å²) in [4.78, 5) is 35.4. The quantitative estimate of drug-likeness (QED) is 0.659. The van der Waals surface area contributed by atoms with E-state index in [1.54, 1.807) is 36.0 Å². The molecule has 26 heavy (non-hydrogen) atoms. The van der Waals surface area contributed by atoms with Crippen LogP contribution in [0.1, 0.15) is 22.8 Å². The number of carbonyl (C=O) groups excluding carboxylic acids is 1. The predicted octanol–water partition coefficient (Wildman–Crippen LogP) is 1.39. The molecule has 0 radical (unpaired) electrons. The maximum Gasteiger partial charge on any atom is 0.271 e. The Morgan fingerprint density at radius 2 is 1.88 bits per heavy atom. The number of thiazole rings is 1. The second kappa shape index (κ2) is 6.68. The molecule has 0 N–H and O–H groups in total. The lowest BCUT2D eigenvalue weighted by atomic mass is 10.1. The summed E-state index contributed by atoms with van der Waals surface area (Å²) in [6.07, 6.45) is 5.27. The Kier molecular flexibility index (Phi) is 4.22. The van der Waals surface area contributed by atoms with E-state index in [9.17, 15) is 9.59 Å². The maximum absolute atomic E-state index is 12.7. The normalized spacial score (nSPS) is 14.0. The molecule has 0 aliphatic carbocycles. The van der Waals surface area contributed by atoms with Crippen LogP contribution in [0.15, 0.2) is 58.6 Å². The highest BCUT2D eigenvalue weighted by Crippen LogP contribution is 2.17. The summed E-state index contributed by atoms with van der Waals surface area (Å²) in [7, 11) is 0. The number of anilines is 1. The van der Waals surface area contributed by atoms with Gasteiger partial charge in [-0.2, -0.15) is 0 Å². The van der Waals surface area contributed by atoms with E-state index in [1.807, 2.05) is 35.2 Å². The minimum atomic E-state index is -0.0457. The van der Waals surface area contributed by atoms with Gasteiger partial charge in [-0.3, -0.25) is 19.1 Å². The van der Waals surface area contributed by atoms with Gasteiger partial charge in [0.15, 0.2) is 10.6 Å². The molecule has 2 aromatic heterocycles. The van der Waals surface area contributed by atoms with Crippen molar-refractivity contribution < 1.29 is 4.79 Å². The number of aromatic nitrogens is 2. The van der Waals surface area contributed by atoms with Crippen molar-refractivity contribution in [2.24, 2.45) is 4.99 Å². The minimum absolute atomic E-state index is 0.0347. The van der Waals surface area contributed by atoms with E-state index in [0.29, 0.717) is 23.4 Å². The number of carbonyl (C=O) groups is 1. The van der Waals surface area contributed by atoms with E-state index in [2.05, 4.69) is 9.98 Å². The van der Waals surface area contributed by atoms with Crippen LogP contribution in [-0.4, -0.2) is 22.0 Å². The van der Waals surface area contributed by atoms with Crippen molar-refractivity contribution in [2.75, 3.05) is 11.6 Å². The first kappa shape index (κ1) is 16.4. The van der Waals surface area contributed by atoms with E-state index in [4.69, 9.17) is 0 Å². The van der Waals surface area contributed by atoms with Crippen molar-refractivity contribution in [3.05, 3.63) is 79.6 Å². The van der Waals surface area contributed by atoms with Crippen molar-refractivity contribution in [3.63, 3.8) is 0 Å². The fourth-order valence-corrected chi connectivity index (χ4v) is 3.76. The summed E-state index contributed by atoms with van der Waals surface area (Å²) in [6.45, 7) is 2.47. The van der Waals surface area contributed by atoms with E-state index in [1.165, 1.54) is 11.3 Å². The van der Waals surface area contributed by atoms with E-state index >= 15 is 0 Å². The van der Waals surface area contributed by atoms with Gasteiger partial charge < -0.3 is 4.90 Å². The summed E-state index contributed by atoms with van der Waals surface area (Å²) in [6, 6.07) is 11.1. The first-order valence-corrected chi connectivity index (χ1v) is 8.95. The fourth-order valence-electron chi connectivity index (χ4n) is 2.79. The zero-order valence-corrected chi connectivity index (χ0v) is 14.9. The summed E-state index contributed by atoms with van der Waals surface area (Å²) in [5, 5.41) is 0. The van der Waals surface area contributed by atoms with Crippen LogP contribution in [0.3, 0.4) is 0 Å². The first-order valence-electron chi connectivity index (χ1n) is 8.13. The van der Waals surface area contributed by atoms with Crippen molar-refractivity contribution in [3.8, 4) is 0 Å². The number of ketones is 1. The standard InChI is InChI=1S/C19H16N4O2S/c1-13(24)15-2-4-16(5-3-15)22-11-21-19-23(12-22)18(25)17(26-19)10-14-6-8-20-9-7-14/h2-10H,11-12H2,1H3/b17-10+. The molecule has 1 aliphatic heterocycles. The third-order valence-electron chi connectivity index (χ3n) is 4.22. The molecule has 130 valence electrons. The molecule has 6 nitrogen and oxygen atoms in total. The summed E-state index contributed by atoms with van der Waals surface area (Å²) in [5.74, 6) is 0.0347. The van der Waals surface area contributed by atoms with Crippen LogP contribution in [0, 0.1) is 0 Å². The highest BCUT2D eigenvalue weighted by molar-refractivity contribution is 7.07. The molecule has 0 saturated heterocycles. The van der Waals surface area contributed by atoms with Gasteiger partial charge in [-0.1, -0.05) is 11.3 Å². The van der Waals surface area contributed by atoms with Crippen LogP contribution in [-0.2, 0) is 6.67 Å². The molecule has 1 aliphatic rings. The number of hydrogen-bond acceptors (Lipinski definition) is 6. The Bertz CT molecular complexity index is 1130. The lowest BCUT2D eigenvalue weighted by Crippen LogP contribution is -2.42. The lowest BCUT2D eigenvalue weighted by molar-refractivity contribution is 0.101. The molecule has 3 heterocycles. The number of pyridine rings is 1. The number of rotatable bonds is 3. The molecule has 7 heteroatoms. The number of fused-ring (bicyclic) bond motifs is 1. The van der Waals surface area contributed by atoms with Crippen LogP contribution in [0.2, 0.25) is 0 Å². The van der Waals surface area contributed by atoms with E-state index in [-0.39, 0.29) is 11.3 Å². The van der Waals surface area contributed by atoms with E-state index in [0.717, 1.165) is 16.1 Å². The summed E-state index contributed by atoms with van der Waals surface area (Å²) in [5.41, 5.74) is 2.50. The van der Waals surface area contributed by atoms with Crippen molar-refractivity contribution in [2.45, 2.75) is 13.6 Å². The Morgan fingerprint density at radius 3 is 2.58 bits per heavy atom. The van der Waals surface area contributed by atoms with Crippen LogP contribution in [0.25, 0.3) is 6.08 Å². The van der Waals surface area contributed by atoms with Gasteiger partial charge >= 0.3 is 0 Å². The second-order valence-corrected chi connectivity index (χ2v) is 7.00. The molecule has 0 amide bonds. The largest absolute Gasteiger partial charge is 0.334 e. The van der Waals surface area contributed by atoms with Crippen LogP contribution < -0.4 is 19.8 Å². The Hall–Kier alpha value is -3.06. The Balaban J connectivity index is 1.66. The number of nitrogens with zero attached hydrogens (tertiary/aromatic N) is 4. The number of Topliss-reactive ketones (excluding diaryl/α,β-unsaturated/α-hetero) is 1. The molecule has 0 spiro atoms. The molecule has 3 aromatic rings. The second-order valence-electron chi connectivity index (χ2n) is 5.99. The molecular weight excluding hydrogens is 348 g/mol. The zero-order valence-electron chi connectivity index (χ0n) is 14.1. The third-order valence-corrected chi connectivity index (χ3v) is 5.26. The Labute approximate surface area is 153 Å². The van der Waals surface area contributed by atoms with Gasteiger partial charge in [0.1, 0.15) is 13.3 Å². The molecule has 4 rings (SSSR count). The van der Waals surface area contributed by atoms with Gasteiger partial charge in [0.25, 0.3) is 5.56 Å². The zero-order chi connectivity index (χ0) is 18.1. The van der Waals surface area contributed by atoms with Crippen molar-refractivity contribution in [1.29, 1.82) is 0 Å². The van der Waals surface area contributed by atoms with Crippen molar-refractivity contribution >= 4 is 28.9 Å². The first-order chi connectivity index (χ1) is 12.6. The van der Waals surface area contributed by atoms with E-state index < -0.39 is 0 Å². The fraction of sp³-hybridized carbons (Fsp3) is 0.158. The minimum Gasteiger partial charge on any atom is -0.334 e. The van der Waals surface area contributed by atoms with Crippen LogP contribution >= 0.6 is 11.3 Å². The molecular formula is C19H16N4O2S. The molecule has 0 atom stereocenters. The van der Waals surface area contributed by atoms with Gasteiger partial charge in [-0.05, 0) is 55.0 Å². The average molecular weight is 364 g/mol. The predicted molar refractivity (Wildman–Crippen MR) is 101 cm³/mol. The average Bonchev–Trinajstić information content (AvgIpc) is 2.98. The highest BCUT2D eigenvalue weighted by atomic mass is 32.1. The monoisotopic (exact) mass is 364 g/mol. The van der Waals surface area contributed by atoms with Gasteiger partial charge in [0.05, 0.1) is 4.53 Å². The molecule has 0 bridgehead atoms. The van der Waals surface area contributed by atoms with Gasteiger partial charge in [-0.15, -0.1) is 0 Å². The smallest absolute Gasteiger partial charge is 0.271 e. The molecule has 0 fully saturated rings. The summed E-state index contributed by atoms with van der Waals surface area (Å²) < 4.78 is 2.34. The topological polar surface area (TPSA) is 67.6 Å².